The predicted molar refractivity (Wildman–Crippen MR) is 72.5 cm³/mol. The van der Waals surface area contributed by atoms with Crippen molar-refractivity contribution in [3.8, 4) is 0 Å². The summed E-state index contributed by atoms with van der Waals surface area (Å²) < 4.78 is 21.5. The summed E-state index contributed by atoms with van der Waals surface area (Å²) in [5.74, 6) is 0. The molecule has 0 radical (unpaired) electrons. The fourth-order valence-electron chi connectivity index (χ4n) is 1.67. The molecule has 0 spiro atoms. The van der Waals surface area contributed by atoms with Gasteiger partial charge in [-0.3, -0.25) is 0 Å². The Morgan fingerprint density at radius 2 is 1.89 bits per heavy atom. The Morgan fingerprint density at radius 1 is 1.32 bits per heavy atom. The molecule has 0 aromatic heterocycles. The van der Waals surface area contributed by atoms with E-state index >= 15 is 0 Å². The van der Waals surface area contributed by atoms with Gasteiger partial charge >= 0.3 is 13.8 Å². The summed E-state index contributed by atoms with van der Waals surface area (Å²) in [7, 11) is -4.18. The van der Waals surface area contributed by atoms with Crippen molar-refractivity contribution >= 4 is 19.1 Å². The number of ether oxygens (including phenoxy) is 1. The second kappa shape index (κ2) is 6.22. The molecule has 1 aromatic carbocycles. The zero-order chi connectivity index (χ0) is 14.5. The molecule has 1 rings (SSSR count). The molecule has 0 saturated carbocycles. The molecule has 5 nitrogen and oxygen atoms in total. The van der Waals surface area contributed by atoms with Gasteiger partial charge in [-0.05, 0) is 32.4 Å². The van der Waals surface area contributed by atoms with Crippen LogP contribution in [0, 0.1) is 0 Å². The standard InChI is InChI=1S/C13H19O5P/c1-4-10-13(2,3)17-12(14)18-19(15,16)11-8-6-5-7-9-11/h5-9H,4,10H2,1-3H3,(H,15,16). The average molecular weight is 286 g/mol. The normalized spacial score (nSPS) is 14.5. The van der Waals surface area contributed by atoms with Gasteiger partial charge in [0.25, 0.3) is 0 Å². The fourth-order valence-corrected chi connectivity index (χ4v) is 2.56. The van der Waals surface area contributed by atoms with E-state index in [9.17, 15) is 14.3 Å². The lowest BCUT2D eigenvalue weighted by atomic mass is 10.0. The van der Waals surface area contributed by atoms with Gasteiger partial charge in [0.2, 0.25) is 0 Å². The van der Waals surface area contributed by atoms with Gasteiger partial charge in [0, 0.05) is 0 Å². The largest absolute Gasteiger partial charge is 0.515 e. The first kappa shape index (κ1) is 15.7. The van der Waals surface area contributed by atoms with Crippen molar-refractivity contribution in [1.29, 1.82) is 0 Å². The highest BCUT2D eigenvalue weighted by molar-refractivity contribution is 7.61. The zero-order valence-electron chi connectivity index (χ0n) is 11.3. The molecule has 0 aliphatic carbocycles. The minimum absolute atomic E-state index is 0.0558. The minimum Gasteiger partial charge on any atom is -0.428 e. The molecule has 0 bridgehead atoms. The van der Waals surface area contributed by atoms with Crippen molar-refractivity contribution in [2.24, 2.45) is 0 Å². The highest BCUT2D eigenvalue weighted by atomic mass is 31.2. The third-order valence-corrected chi connectivity index (χ3v) is 3.84. The van der Waals surface area contributed by atoms with Crippen LogP contribution in [0.2, 0.25) is 0 Å². The summed E-state index contributed by atoms with van der Waals surface area (Å²) in [6.45, 7) is 5.41. The highest BCUT2D eigenvalue weighted by Gasteiger charge is 2.31. The van der Waals surface area contributed by atoms with Gasteiger partial charge in [-0.2, -0.15) is 0 Å². The predicted octanol–water partition coefficient (Wildman–Crippen LogP) is 3.23. The van der Waals surface area contributed by atoms with Gasteiger partial charge in [-0.25, -0.2) is 9.36 Å². The maximum absolute atomic E-state index is 11.9. The molecule has 1 unspecified atom stereocenters. The summed E-state index contributed by atoms with van der Waals surface area (Å²) in [5, 5.41) is 0.0558. The molecule has 6 heteroatoms. The van der Waals surface area contributed by atoms with Crippen LogP contribution in [0.25, 0.3) is 0 Å². The topological polar surface area (TPSA) is 72.8 Å². The minimum atomic E-state index is -4.18. The van der Waals surface area contributed by atoms with E-state index in [1.165, 1.54) is 12.1 Å². The molecule has 0 aliphatic rings. The van der Waals surface area contributed by atoms with Crippen LogP contribution in [0.1, 0.15) is 33.6 Å². The second-order valence-corrected chi connectivity index (χ2v) is 6.55. The van der Waals surface area contributed by atoms with Gasteiger partial charge in [0.1, 0.15) is 5.60 Å². The summed E-state index contributed by atoms with van der Waals surface area (Å²) in [6.07, 6.45) is 0.340. The van der Waals surface area contributed by atoms with Gasteiger partial charge < -0.3 is 14.2 Å². The molecule has 106 valence electrons. The molecule has 1 N–H and O–H groups in total. The van der Waals surface area contributed by atoms with Crippen LogP contribution >= 0.6 is 7.60 Å². The quantitative estimate of drug-likeness (QED) is 0.664. The van der Waals surface area contributed by atoms with E-state index in [1.54, 1.807) is 32.0 Å². The van der Waals surface area contributed by atoms with Gasteiger partial charge in [0.15, 0.2) is 0 Å². The van der Waals surface area contributed by atoms with Crippen LogP contribution < -0.4 is 5.30 Å². The first-order chi connectivity index (χ1) is 8.77. The van der Waals surface area contributed by atoms with E-state index in [1.807, 2.05) is 6.92 Å². The summed E-state index contributed by atoms with van der Waals surface area (Å²) in [4.78, 5) is 21.3. The van der Waals surface area contributed by atoms with E-state index in [2.05, 4.69) is 4.52 Å². The monoisotopic (exact) mass is 286 g/mol. The molecule has 0 saturated heterocycles. The Balaban J connectivity index is 2.69. The van der Waals surface area contributed by atoms with Crippen LogP contribution in [-0.2, 0) is 13.8 Å². The molecule has 0 amide bonds. The van der Waals surface area contributed by atoms with Crippen molar-refractivity contribution in [2.45, 2.75) is 39.2 Å². The molecule has 1 aromatic rings. The van der Waals surface area contributed by atoms with E-state index < -0.39 is 19.4 Å². The van der Waals surface area contributed by atoms with E-state index in [-0.39, 0.29) is 5.30 Å². The maximum Gasteiger partial charge on any atom is 0.515 e. The van der Waals surface area contributed by atoms with E-state index in [0.717, 1.165) is 6.42 Å². The molecule has 0 fully saturated rings. The van der Waals surface area contributed by atoms with Crippen LogP contribution in [0.15, 0.2) is 30.3 Å². The number of carbonyl (C=O) groups excluding carboxylic acids is 1. The lowest BCUT2D eigenvalue weighted by molar-refractivity contribution is 0.00283. The van der Waals surface area contributed by atoms with Gasteiger partial charge in [0.05, 0.1) is 5.30 Å². The smallest absolute Gasteiger partial charge is 0.428 e. The molecule has 0 aliphatic heterocycles. The molecular formula is C13H19O5P. The Labute approximate surface area is 113 Å². The summed E-state index contributed by atoms with van der Waals surface area (Å²) in [6, 6.07) is 7.73. The van der Waals surface area contributed by atoms with Crippen LogP contribution in [0.3, 0.4) is 0 Å². The van der Waals surface area contributed by atoms with E-state index in [0.29, 0.717) is 6.42 Å². The van der Waals surface area contributed by atoms with E-state index in [4.69, 9.17) is 4.74 Å². The zero-order valence-corrected chi connectivity index (χ0v) is 12.2. The first-order valence-electron chi connectivity index (χ1n) is 6.08. The lowest BCUT2D eigenvalue weighted by Crippen LogP contribution is -2.28. The molecular weight excluding hydrogens is 267 g/mol. The fraction of sp³-hybridized carbons (Fsp3) is 0.462. The van der Waals surface area contributed by atoms with Crippen molar-refractivity contribution in [1.82, 2.24) is 0 Å². The third kappa shape index (κ3) is 5.05. The molecule has 19 heavy (non-hydrogen) atoms. The number of hydrogen-bond donors (Lipinski definition) is 1. The third-order valence-electron chi connectivity index (χ3n) is 2.49. The Hall–Kier alpha value is -1.32. The van der Waals surface area contributed by atoms with Crippen LogP contribution in [0.4, 0.5) is 4.79 Å². The van der Waals surface area contributed by atoms with Crippen molar-refractivity contribution in [3.63, 3.8) is 0 Å². The Bertz CT molecular complexity index is 469. The van der Waals surface area contributed by atoms with Gasteiger partial charge in [-0.15, -0.1) is 0 Å². The maximum atomic E-state index is 11.9. The van der Waals surface area contributed by atoms with Crippen molar-refractivity contribution < 1.29 is 23.5 Å². The molecule has 1 atom stereocenters. The SMILES string of the molecule is CCCC(C)(C)OC(=O)OP(=O)(O)c1ccccc1. The summed E-state index contributed by atoms with van der Waals surface area (Å²) in [5.41, 5.74) is -0.720. The number of benzene rings is 1. The van der Waals surface area contributed by atoms with Crippen molar-refractivity contribution in [2.75, 3.05) is 0 Å². The Morgan fingerprint density at radius 3 is 2.42 bits per heavy atom. The summed E-state index contributed by atoms with van der Waals surface area (Å²) >= 11 is 0. The average Bonchev–Trinajstić information content (AvgIpc) is 2.28. The first-order valence-corrected chi connectivity index (χ1v) is 7.65. The van der Waals surface area contributed by atoms with Crippen molar-refractivity contribution in [3.05, 3.63) is 30.3 Å². The number of rotatable bonds is 5. The van der Waals surface area contributed by atoms with Gasteiger partial charge in [-0.1, -0.05) is 31.5 Å². The molecule has 0 heterocycles. The lowest BCUT2D eigenvalue weighted by Gasteiger charge is -2.24. The number of hydrogen-bond acceptors (Lipinski definition) is 4. The Kier molecular flexibility index (Phi) is 5.15. The second-order valence-electron chi connectivity index (χ2n) is 4.81. The van der Waals surface area contributed by atoms with Crippen LogP contribution in [-0.4, -0.2) is 16.6 Å². The number of carbonyl (C=O) groups is 1. The van der Waals surface area contributed by atoms with Crippen LogP contribution in [0.5, 0.6) is 0 Å². The highest BCUT2D eigenvalue weighted by Crippen LogP contribution is 2.41.